The number of nitrogens with one attached hydrogen (secondary N) is 2. The predicted octanol–water partition coefficient (Wildman–Crippen LogP) is -2.99. The molecule has 22 heavy (non-hydrogen) atoms. The molecule has 0 saturated heterocycles. The van der Waals surface area contributed by atoms with Crippen LogP contribution >= 0.6 is 0 Å². The van der Waals surface area contributed by atoms with Gasteiger partial charge in [0.2, 0.25) is 11.7 Å². The van der Waals surface area contributed by atoms with Crippen LogP contribution < -0.4 is 10.6 Å². The average molecular weight is 315 g/mol. The number of carboxylic acids is 1. The minimum absolute atomic E-state index is 0.513. The van der Waals surface area contributed by atoms with Gasteiger partial charge < -0.3 is 35.8 Å². The summed E-state index contributed by atoms with van der Waals surface area (Å²) in [5, 5.41) is 50.9. The molecule has 1 aliphatic heterocycles. The summed E-state index contributed by atoms with van der Waals surface area (Å²) >= 11 is 0. The van der Waals surface area contributed by atoms with Crippen LogP contribution in [0.1, 0.15) is 6.92 Å². The van der Waals surface area contributed by atoms with Crippen molar-refractivity contribution in [3.05, 3.63) is 11.8 Å². The van der Waals surface area contributed by atoms with Gasteiger partial charge in [0, 0.05) is 6.92 Å². The molecular formula is C12H17N3O7. The van der Waals surface area contributed by atoms with Crippen molar-refractivity contribution in [2.24, 2.45) is 0 Å². The number of amides is 1. The molecule has 6 N–H and O–H groups in total. The number of hydrogen-bond acceptors (Lipinski definition) is 8. The number of aliphatic carboxylic acids is 1. The molecule has 10 heteroatoms. The van der Waals surface area contributed by atoms with Crippen molar-refractivity contribution in [2.45, 2.75) is 37.3 Å². The molecular weight excluding hydrogens is 298 g/mol. The fraction of sp³-hybridized carbons (Fsp3) is 0.583. The zero-order valence-corrected chi connectivity index (χ0v) is 11.6. The summed E-state index contributed by atoms with van der Waals surface area (Å²) in [5.74, 6) is -2.51. The maximum absolute atomic E-state index is 11.3. The van der Waals surface area contributed by atoms with Crippen LogP contribution in [0.4, 0.5) is 0 Å². The molecule has 0 saturated carbocycles. The Morgan fingerprint density at radius 2 is 2.14 bits per heavy atom. The molecule has 0 radical (unpaired) electrons. The van der Waals surface area contributed by atoms with E-state index < -0.39 is 54.6 Å². The van der Waals surface area contributed by atoms with Crippen molar-refractivity contribution in [2.75, 3.05) is 6.61 Å². The minimum Gasteiger partial charge on any atom is -0.478 e. The SMILES string of the molecule is CC(=O)N[C@H]1[C@H]([C@H](O)[C@H](O)CO)OC(C(=O)O)=C[C@@H]1NC#N. The lowest BCUT2D eigenvalue weighted by Gasteiger charge is -2.39. The molecule has 1 heterocycles. The molecule has 0 aromatic carbocycles. The molecule has 0 unspecified atom stereocenters. The number of ether oxygens (including phenoxy) is 1. The normalized spacial score (nSPS) is 26.7. The van der Waals surface area contributed by atoms with E-state index in [4.69, 9.17) is 20.2 Å². The largest absolute Gasteiger partial charge is 0.478 e. The highest BCUT2D eigenvalue weighted by Crippen LogP contribution is 2.23. The first-order valence-electron chi connectivity index (χ1n) is 6.32. The highest BCUT2D eigenvalue weighted by molar-refractivity contribution is 5.84. The van der Waals surface area contributed by atoms with Gasteiger partial charge in [0.15, 0.2) is 6.19 Å². The van der Waals surface area contributed by atoms with Crippen molar-refractivity contribution in [3.8, 4) is 6.19 Å². The molecule has 122 valence electrons. The monoisotopic (exact) mass is 315 g/mol. The maximum atomic E-state index is 11.3. The molecule has 0 fully saturated rings. The number of nitriles is 1. The third-order valence-electron chi connectivity index (χ3n) is 3.06. The number of hydrogen-bond donors (Lipinski definition) is 6. The molecule has 0 aliphatic carbocycles. The van der Waals surface area contributed by atoms with Gasteiger partial charge in [-0.15, -0.1) is 0 Å². The van der Waals surface area contributed by atoms with Gasteiger partial charge in [0.05, 0.1) is 18.7 Å². The van der Waals surface area contributed by atoms with E-state index in [2.05, 4.69) is 10.6 Å². The number of aliphatic hydroxyl groups excluding tert-OH is 3. The third-order valence-corrected chi connectivity index (χ3v) is 3.06. The molecule has 0 spiro atoms. The zero-order chi connectivity index (χ0) is 16.9. The Labute approximate surface area is 125 Å². The van der Waals surface area contributed by atoms with Crippen LogP contribution in [0.2, 0.25) is 0 Å². The first kappa shape index (κ1) is 17.7. The Morgan fingerprint density at radius 1 is 1.50 bits per heavy atom. The predicted molar refractivity (Wildman–Crippen MR) is 69.8 cm³/mol. The Morgan fingerprint density at radius 3 is 2.59 bits per heavy atom. The number of carbonyl (C=O) groups is 2. The molecule has 1 aliphatic rings. The lowest BCUT2D eigenvalue weighted by molar-refractivity contribution is -0.146. The van der Waals surface area contributed by atoms with Crippen molar-refractivity contribution >= 4 is 11.9 Å². The van der Waals surface area contributed by atoms with Crippen molar-refractivity contribution in [3.63, 3.8) is 0 Å². The second-order valence-electron chi connectivity index (χ2n) is 4.67. The van der Waals surface area contributed by atoms with Crippen LogP contribution in [0.15, 0.2) is 11.8 Å². The fourth-order valence-electron chi connectivity index (χ4n) is 2.07. The topological polar surface area (TPSA) is 172 Å². The molecule has 1 amide bonds. The Balaban J connectivity index is 3.18. The average Bonchev–Trinajstić information content (AvgIpc) is 2.46. The summed E-state index contributed by atoms with van der Waals surface area (Å²) in [5.41, 5.74) is 0. The summed E-state index contributed by atoms with van der Waals surface area (Å²) < 4.78 is 5.10. The van der Waals surface area contributed by atoms with Crippen LogP contribution in [-0.4, -0.2) is 69.3 Å². The maximum Gasteiger partial charge on any atom is 0.370 e. The molecule has 10 nitrogen and oxygen atoms in total. The van der Waals surface area contributed by atoms with Gasteiger partial charge in [-0.05, 0) is 6.08 Å². The second-order valence-corrected chi connectivity index (χ2v) is 4.67. The van der Waals surface area contributed by atoms with Gasteiger partial charge in [0.25, 0.3) is 0 Å². The van der Waals surface area contributed by atoms with Crippen molar-refractivity contribution in [1.82, 2.24) is 10.6 Å². The molecule has 0 aromatic rings. The van der Waals surface area contributed by atoms with Crippen LogP contribution in [0.3, 0.4) is 0 Å². The minimum atomic E-state index is -1.69. The molecule has 0 bridgehead atoms. The van der Waals surface area contributed by atoms with E-state index in [1.807, 2.05) is 0 Å². The number of aliphatic hydroxyl groups is 3. The van der Waals surface area contributed by atoms with E-state index in [-0.39, 0.29) is 0 Å². The third kappa shape index (κ3) is 4.08. The second kappa shape index (κ2) is 7.60. The Hall–Kier alpha value is -2.35. The zero-order valence-electron chi connectivity index (χ0n) is 11.6. The lowest BCUT2D eigenvalue weighted by atomic mass is 9.92. The molecule has 0 aromatic heterocycles. The molecule has 1 rings (SSSR count). The van der Waals surface area contributed by atoms with Crippen LogP contribution in [0.5, 0.6) is 0 Å². The van der Waals surface area contributed by atoms with Gasteiger partial charge in [-0.25, -0.2) is 4.79 Å². The van der Waals surface area contributed by atoms with E-state index in [0.717, 1.165) is 6.08 Å². The highest BCUT2D eigenvalue weighted by atomic mass is 16.5. The first-order valence-corrected chi connectivity index (χ1v) is 6.32. The van der Waals surface area contributed by atoms with Crippen LogP contribution in [0, 0.1) is 11.5 Å². The fourth-order valence-corrected chi connectivity index (χ4v) is 2.07. The number of carbonyl (C=O) groups excluding carboxylic acids is 1. The van der Waals surface area contributed by atoms with Gasteiger partial charge in [0.1, 0.15) is 18.3 Å². The Bertz CT molecular complexity index is 501. The summed E-state index contributed by atoms with van der Waals surface area (Å²) in [6.07, 6.45) is -2.00. The Kier molecular flexibility index (Phi) is 6.11. The standard InChI is InChI=1S/C12H17N3O7/c1-5(17)15-9-6(14-4-13)2-8(12(20)21)22-11(9)10(19)7(18)3-16/h2,6-7,9-11,14,16,18-19H,3H2,1H3,(H,15,17)(H,20,21)/t6-,7+,9+,10+,11+/m0/s1. The van der Waals surface area contributed by atoms with Gasteiger partial charge in [-0.2, -0.15) is 5.26 Å². The first-order chi connectivity index (χ1) is 10.3. The lowest BCUT2D eigenvalue weighted by Crippen LogP contribution is -2.62. The van der Waals surface area contributed by atoms with Crippen LogP contribution in [-0.2, 0) is 14.3 Å². The van der Waals surface area contributed by atoms with Crippen LogP contribution in [0.25, 0.3) is 0 Å². The van der Waals surface area contributed by atoms with E-state index in [1.54, 1.807) is 6.19 Å². The van der Waals surface area contributed by atoms with E-state index >= 15 is 0 Å². The smallest absolute Gasteiger partial charge is 0.370 e. The number of nitrogens with zero attached hydrogens (tertiary/aromatic N) is 1. The van der Waals surface area contributed by atoms with E-state index in [1.165, 1.54) is 6.92 Å². The van der Waals surface area contributed by atoms with Gasteiger partial charge in [-0.1, -0.05) is 0 Å². The quantitative estimate of drug-likeness (QED) is 0.221. The summed E-state index contributed by atoms with van der Waals surface area (Å²) in [6.45, 7) is 0.391. The number of carboxylic acid groups (broad SMARTS) is 1. The number of rotatable bonds is 6. The van der Waals surface area contributed by atoms with Gasteiger partial charge >= 0.3 is 5.97 Å². The summed E-state index contributed by atoms with van der Waals surface area (Å²) in [7, 11) is 0. The van der Waals surface area contributed by atoms with Gasteiger partial charge in [-0.3, -0.25) is 4.79 Å². The summed E-state index contributed by atoms with van der Waals surface area (Å²) in [6, 6.07) is -2.00. The van der Waals surface area contributed by atoms with Crippen molar-refractivity contribution < 1.29 is 34.8 Å². The highest BCUT2D eigenvalue weighted by Gasteiger charge is 2.43. The summed E-state index contributed by atoms with van der Waals surface area (Å²) in [4.78, 5) is 22.3. The van der Waals surface area contributed by atoms with E-state index in [0.29, 0.717) is 0 Å². The molecule has 5 atom stereocenters. The van der Waals surface area contributed by atoms with E-state index in [9.17, 15) is 19.8 Å². The van der Waals surface area contributed by atoms with Crippen molar-refractivity contribution in [1.29, 1.82) is 5.26 Å².